The predicted molar refractivity (Wildman–Crippen MR) is 198 cm³/mol. The summed E-state index contributed by atoms with van der Waals surface area (Å²) in [7, 11) is 0. The van der Waals surface area contributed by atoms with E-state index in [-0.39, 0.29) is 24.3 Å². The fourth-order valence-corrected chi connectivity index (χ4v) is 8.49. The number of hydrogen-bond donors (Lipinski definition) is 0. The summed E-state index contributed by atoms with van der Waals surface area (Å²) >= 11 is 4.21. The van der Waals surface area contributed by atoms with Gasteiger partial charge in [0.2, 0.25) is 0 Å². The molecule has 0 saturated heterocycles. The Balaban J connectivity index is 1.26. The Hall–Kier alpha value is -4.46. The van der Waals surface area contributed by atoms with Crippen LogP contribution in [-0.4, -0.2) is 30.9 Å². The first kappa shape index (κ1) is 35.0. The third kappa shape index (κ3) is 7.19. The molecule has 0 aliphatic rings. The number of thiophene rings is 2. The number of aryl methyl sites for hydroxylation is 2. The monoisotopic (exact) mass is 748 g/mol. The molecule has 7 aromatic rings. The number of fused-ring (bicyclic) bond motifs is 2. The Morgan fingerprint density at radius 1 is 0.529 bits per heavy atom. The van der Waals surface area contributed by atoms with Crippen molar-refractivity contribution in [3.63, 3.8) is 0 Å². The van der Waals surface area contributed by atoms with Crippen LogP contribution in [0.3, 0.4) is 0 Å². The average molecular weight is 749 g/mol. The molecule has 0 N–H and O–H groups in total. The number of benzene rings is 3. The van der Waals surface area contributed by atoms with Gasteiger partial charge in [0.15, 0.2) is 0 Å². The Bertz CT molecular complexity index is 2170. The van der Waals surface area contributed by atoms with E-state index in [1.165, 1.54) is 0 Å². The first-order valence-electron chi connectivity index (χ1n) is 16.4. The highest BCUT2D eigenvalue weighted by Crippen LogP contribution is 2.47. The van der Waals surface area contributed by atoms with Crippen molar-refractivity contribution in [1.29, 1.82) is 0 Å². The maximum Gasteiger partial charge on any atom is 0.397 e. The van der Waals surface area contributed by atoms with Gasteiger partial charge < -0.3 is 9.47 Å². The van der Waals surface area contributed by atoms with Gasteiger partial charge in [-0.2, -0.15) is 26.3 Å². The predicted octanol–water partition coefficient (Wildman–Crippen LogP) is 12.6. The van der Waals surface area contributed by atoms with Crippen LogP contribution in [0.25, 0.3) is 63.8 Å². The van der Waals surface area contributed by atoms with Gasteiger partial charge in [0.25, 0.3) is 0 Å². The van der Waals surface area contributed by atoms with E-state index in [9.17, 15) is 17.6 Å². The molecule has 3 aromatic carbocycles. The van der Waals surface area contributed by atoms with E-state index in [1.54, 1.807) is 85.1 Å². The molecule has 0 amide bonds. The largest absolute Gasteiger partial charge is 0.433 e. The lowest BCUT2D eigenvalue weighted by Gasteiger charge is -2.17. The van der Waals surface area contributed by atoms with Crippen molar-refractivity contribution in [3.8, 4) is 53.3 Å². The Kier molecular flexibility index (Phi) is 9.55. The maximum atomic E-state index is 14.0. The van der Waals surface area contributed by atoms with Crippen LogP contribution in [0, 0.1) is 13.8 Å². The Labute approximate surface area is 304 Å². The van der Waals surface area contributed by atoms with Gasteiger partial charge in [-0.15, -0.1) is 22.7 Å². The molecule has 51 heavy (non-hydrogen) atoms. The number of aromatic nitrogens is 4. The summed E-state index contributed by atoms with van der Waals surface area (Å²) in [4.78, 5) is 13.8. The van der Waals surface area contributed by atoms with Crippen LogP contribution in [0.2, 0.25) is 0 Å². The number of nitrogens with zero attached hydrogens (tertiary/aromatic N) is 4. The van der Waals surface area contributed by atoms with Crippen LogP contribution in [0.4, 0.5) is 17.6 Å². The first-order valence-corrected chi connectivity index (χ1v) is 18.8. The lowest BCUT2D eigenvalue weighted by atomic mass is 10.0. The molecule has 0 bridgehead atoms. The standard InChI is InChI=1S/C38H32F4N4O2S3/c1-5-19-37(39,40)47-25-11-7-23(8-12-25)27-15-17-29(49-27)31-33-34(44-22(4)21(3)43-33)32(36-35(31)45-51-46-36)30-18-16-28(50-30)24-9-13-26(14-10-24)48-38(41,42)20-6-2/h7-18H,5-6,19-20H2,1-4H3. The van der Waals surface area contributed by atoms with Gasteiger partial charge in [-0.3, -0.25) is 0 Å². The highest BCUT2D eigenvalue weighted by atomic mass is 32.1. The molecule has 0 atom stereocenters. The highest BCUT2D eigenvalue weighted by molar-refractivity contribution is 7.19. The minimum absolute atomic E-state index is 0.113. The molecule has 4 aromatic heterocycles. The second-order valence-electron chi connectivity index (χ2n) is 12.2. The quantitative estimate of drug-likeness (QED) is 0.116. The normalized spacial score (nSPS) is 12.2. The molecular weight excluding hydrogens is 717 g/mol. The van der Waals surface area contributed by atoms with Crippen molar-refractivity contribution >= 4 is 56.5 Å². The van der Waals surface area contributed by atoms with E-state index < -0.39 is 12.2 Å². The van der Waals surface area contributed by atoms with Gasteiger partial charge in [0.1, 0.15) is 33.6 Å². The van der Waals surface area contributed by atoms with Gasteiger partial charge in [0, 0.05) is 30.6 Å². The van der Waals surface area contributed by atoms with Crippen molar-refractivity contribution in [2.24, 2.45) is 0 Å². The SMILES string of the molecule is CCCC(F)(F)Oc1ccc(-c2ccc(-c3c4nsnc4c(-c4ccc(-c5ccc(OC(F)(F)CCC)cc5)s4)c4nc(C)c(C)nc34)s2)cc1. The van der Waals surface area contributed by atoms with E-state index >= 15 is 0 Å². The van der Waals surface area contributed by atoms with E-state index in [1.807, 2.05) is 38.1 Å². The zero-order chi connectivity index (χ0) is 35.9. The van der Waals surface area contributed by atoms with Crippen molar-refractivity contribution in [2.45, 2.75) is 65.6 Å². The molecule has 6 nitrogen and oxygen atoms in total. The molecule has 0 aliphatic carbocycles. The fraction of sp³-hybridized carbons (Fsp3) is 0.263. The lowest BCUT2D eigenvalue weighted by Crippen LogP contribution is -2.24. The lowest BCUT2D eigenvalue weighted by molar-refractivity contribution is -0.181. The third-order valence-electron chi connectivity index (χ3n) is 8.34. The van der Waals surface area contributed by atoms with Gasteiger partial charge in [-0.05, 0) is 111 Å². The molecule has 7 rings (SSSR count). The molecule has 0 unspecified atom stereocenters. The molecule has 0 fully saturated rings. The maximum absolute atomic E-state index is 14.0. The zero-order valence-corrected chi connectivity index (χ0v) is 30.5. The van der Waals surface area contributed by atoms with Crippen LogP contribution in [-0.2, 0) is 0 Å². The van der Waals surface area contributed by atoms with E-state index in [0.29, 0.717) is 34.9 Å². The number of rotatable bonds is 12. The fourth-order valence-electron chi connectivity index (χ4n) is 5.82. The van der Waals surface area contributed by atoms with Crippen LogP contribution in [0.1, 0.15) is 50.9 Å². The summed E-state index contributed by atoms with van der Waals surface area (Å²) in [6, 6.07) is 21.4. The number of alkyl halides is 4. The van der Waals surface area contributed by atoms with E-state index in [0.717, 1.165) is 64.9 Å². The summed E-state index contributed by atoms with van der Waals surface area (Å²) in [6.45, 7) is 7.24. The molecule has 0 radical (unpaired) electrons. The van der Waals surface area contributed by atoms with E-state index in [4.69, 9.17) is 28.2 Å². The molecule has 0 aliphatic heterocycles. The summed E-state index contributed by atoms with van der Waals surface area (Å²) in [5.41, 5.74) is 7.80. The van der Waals surface area contributed by atoms with Crippen LogP contribution >= 0.6 is 34.4 Å². The molecule has 4 heterocycles. The molecular formula is C38H32F4N4O2S3. The number of halogens is 4. The summed E-state index contributed by atoms with van der Waals surface area (Å²) in [5.74, 6) is 0.225. The van der Waals surface area contributed by atoms with Gasteiger partial charge in [-0.1, -0.05) is 13.8 Å². The smallest absolute Gasteiger partial charge is 0.397 e. The molecule has 0 saturated carbocycles. The number of hydrogen-bond acceptors (Lipinski definition) is 9. The second-order valence-corrected chi connectivity index (χ2v) is 14.9. The van der Waals surface area contributed by atoms with Crippen molar-refractivity contribution < 1.29 is 27.0 Å². The van der Waals surface area contributed by atoms with Crippen LogP contribution in [0.5, 0.6) is 11.5 Å². The molecule has 13 heteroatoms. The van der Waals surface area contributed by atoms with Gasteiger partial charge in [-0.25, -0.2) is 9.97 Å². The topological polar surface area (TPSA) is 70.0 Å². The average Bonchev–Trinajstić information content (AvgIpc) is 3.87. The van der Waals surface area contributed by atoms with Crippen molar-refractivity contribution in [2.75, 3.05) is 0 Å². The summed E-state index contributed by atoms with van der Waals surface area (Å²) in [6.07, 6.45) is -6.50. The minimum atomic E-state index is -3.22. The summed E-state index contributed by atoms with van der Waals surface area (Å²) in [5, 5.41) is 0. The zero-order valence-electron chi connectivity index (χ0n) is 28.1. The summed E-state index contributed by atoms with van der Waals surface area (Å²) < 4.78 is 75.5. The van der Waals surface area contributed by atoms with Crippen molar-refractivity contribution in [1.82, 2.24) is 18.7 Å². The van der Waals surface area contributed by atoms with Gasteiger partial charge in [0.05, 0.1) is 36.0 Å². The molecule has 262 valence electrons. The number of ether oxygens (including phenoxy) is 2. The van der Waals surface area contributed by atoms with Crippen LogP contribution in [0.15, 0.2) is 72.8 Å². The van der Waals surface area contributed by atoms with Crippen LogP contribution < -0.4 is 9.47 Å². The minimum Gasteiger partial charge on any atom is -0.433 e. The Morgan fingerprint density at radius 2 is 0.902 bits per heavy atom. The van der Waals surface area contributed by atoms with Gasteiger partial charge >= 0.3 is 12.2 Å². The molecule has 0 spiro atoms. The highest BCUT2D eigenvalue weighted by Gasteiger charge is 2.31. The third-order valence-corrected chi connectivity index (χ3v) is 11.2. The van der Waals surface area contributed by atoms with Crippen molar-refractivity contribution in [3.05, 3.63) is 84.2 Å². The Morgan fingerprint density at radius 3 is 1.27 bits per heavy atom. The first-order chi connectivity index (χ1) is 24.4. The second kappa shape index (κ2) is 13.9. The van der Waals surface area contributed by atoms with E-state index in [2.05, 4.69) is 0 Å².